The van der Waals surface area contributed by atoms with Crippen LogP contribution in [0.2, 0.25) is 0 Å². The van der Waals surface area contributed by atoms with Crippen molar-refractivity contribution in [3.63, 3.8) is 0 Å². The summed E-state index contributed by atoms with van der Waals surface area (Å²) in [7, 11) is 0. The van der Waals surface area contributed by atoms with Crippen LogP contribution < -0.4 is 21.2 Å². The first-order valence-electron chi connectivity index (χ1n) is 8.05. The molecule has 0 radical (unpaired) electrons. The highest BCUT2D eigenvalue weighted by Crippen LogP contribution is 2.16. The number of ether oxygens (including phenoxy) is 1. The maximum absolute atomic E-state index is 10.7. The van der Waals surface area contributed by atoms with E-state index >= 15 is 0 Å². The fourth-order valence-corrected chi connectivity index (χ4v) is 2.41. The molecular formula is C19H22N4O2S. The molecule has 0 saturated carbocycles. The van der Waals surface area contributed by atoms with Gasteiger partial charge in [-0.25, -0.2) is 0 Å². The number of hydrogen-bond acceptors (Lipinski definition) is 4. The molecule has 26 heavy (non-hydrogen) atoms. The first-order chi connectivity index (χ1) is 12.3. The highest BCUT2D eigenvalue weighted by atomic mass is 32.1. The van der Waals surface area contributed by atoms with Crippen molar-refractivity contribution in [2.45, 2.75) is 20.8 Å². The van der Waals surface area contributed by atoms with Crippen molar-refractivity contribution in [1.29, 1.82) is 0 Å². The number of hydrazone groups is 1. The Morgan fingerprint density at radius 3 is 2.50 bits per heavy atom. The van der Waals surface area contributed by atoms with Crippen LogP contribution in [-0.2, 0) is 4.79 Å². The molecule has 0 aliphatic rings. The third-order valence-electron chi connectivity index (χ3n) is 3.61. The maximum Gasteiger partial charge on any atom is 0.255 e. The summed E-state index contributed by atoms with van der Waals surface area (Å²) in [5.41, 5.74) is 12.8. The second-order valence-corrected chi connectivity index (χ2v) is 6.27. The lowest BCUT2D eigenvalue weighted by Crippen LogP contribution is -2.25. The van der Waals surface area contributed by atoms with Gasteiger partial charge in [0.05, 0.1) is 5.71 Å². The molecule has 136 valence electrons. The number of nitrogens with zero attached hydrogens (tertiary/aromatic N) is 1. The molecule has 0 aromatic heterocycles. The molecular weight excluding hydrogens is 348 g/mol. The second kappa shape index (κ2) is 8.96. The van der Waals surface area contributed by atoms with E-state index in [1.165, 1.54) is 5.56 Å². The van der Waals surface area contributed by atoms with E-state index in [-0.39, 0.29) is 6.61 Å². The number of aryl methyl sites for hydroxylation is 2. The number of amides is 1. The molecule has 4 N–H and O–H groups in total. The lowest BCUT2D eigenvalue weighted by molar-refractivity contribution is -0.119. The number of thiocarbonyl (C=S) groups is 1. The van der Waals surface area contributed by atoms with Gasteiger partial charge in [-0.3, -0.25) is 10.2 Å². The summed E-state index contributed by atoms with van der Waals surface area (Å²) in [6.45, 7) is 5.79. The minimum atomic E-state index is -0.513. The SMILES string of the molecule is C/C(=N/NC(=S)Nc1ccc(C)cc1C)c1ccc(OCC(N)=O)cc1. The molecule has 2 aromatic rings. The number of rotatable bonds is 6. The van der Waals surface area contributed by atoms with Crippen LogP contribution in [0.5, 0.6) is 5.75 Å². The molecule has 2 aromatic carbocycles. The first kappa shape index (κ1) is 19.4. The van der Waals surface area contributed by atoms with Gasteiger partial charge >= 0.3 is 0 Å². The molecule has 0 saturated heterocycles. The van der Waals surface area contributed by atoms with Gasteiger partial charge in [-0.05, 0) is 74.4 Å². The van der Waals surface area contributed by atoms with E-state index in [2.05, 4.69) is 21.9 Å². The molecule has 0 fully saturated rings. The molecule has 0 atom stereocenters. The van der Waals surface area contributed by atoms with E-state index in [0.29, 0.717) is 10.9 Å². The maximum atomic E-state index is 10.7. The lowest BCUT2D eigenvalue weighted by Gasteiger charge is -2.11. The van der Waals surface area contributed by atoms with Gasteiger partial charge in [0.15, 0.2) is 11.7 Å². The van der Waals surface area contributed by atoms with E-state index in [4.69, 9.17) is 22.7 Å². The van der Waals surface area contributed by atoms with Crippen molar-refractivity contribution in [1.82, 2.24) is 5.43 Å². The normalized spacial score (nSPS) is 11.0. The average molecular weight is 370 g/mol. The zero-order valence-electron chi connectivity index (χ0n) is 15.0. The standard InChI is InChI=1S/C19H22N4O2S/c1-12-4-9-17(13(2)10-12)21-19(26)23-22-14(3)15-5-7-16(8-6-15)25-11-18(20)24/h4-10H,11H2,1-3H3,(H2,20,24)(H2,21,23,26)/b22-14-. The zero-order valence-corrected chi connectivity index (χ0v) is 15.8. The van der Waals surface area contributed by atoms with Gasteiger partial charge in [-0.2, -0.15) is 5.10 Å². The second-order valence-electron chi connectivity index (χ2n) is 5.86. The predicted molar refractivity (Wildman–Crippen MR) is 109 cm³/mol. The highest BCUT2D eigenvalue weighted by molar-refractivity contribution is 7.80. The van der Waals surface area contributed by atoms with Crippen molar-refractivity contribution in [2.75, 3.05) is 11.9 Å². The quantitative estimate of drug-likeness (QED) is 0.413. The summed E-state index contributed by atoms with van der Waals surface area (Å²) >= 11 is 5.28. The Labute approximate surface area is 158 Å². The van der Waals surface area contributed by atoms with Crippen LogP contribution in [0.15, 0.2) is 47.6 Å². The van der Waals surface area contributed by atoms with Crippen LogP contribution in [0.3, 0.4) is 0 Å². The predicted octanol–water partition coefficient (Wildman–Crippen LogP) is 2.88. The molecule has 6 nitrogen and oxygen atoms in total. The van der Waals surface area contributed by atoms with Gasteiger partial charge in [0.1, 0.15) is 5.75 Å². The van der Waals surface area contributed by atoms with Gasteiger partial charge in [-0.1, -0.05) is 17.7 Å². The molecule has 0 heterocycles. The molecule has 0 aliphatic carbocycles. The number of benzene rings is 2. The van der Waals surface area contributed by atoms with Gasteiger partial charge in [0.2, 0.25) is 0 Å². The fraction of sp³-hybridized carbons (Fsp3) is 0.211. The Hall–Kier alpha value is -2.93. The van der Waals surface area contributed by atoms with Crippen LogP contribution in [0.4, 0.5) is 5.69 Å². The number of nitrogens with one attached hydrogen (secondary N) is 2. The third kappa shape index (κ3) is 5.86. The smallest absolute Gasteiger partial charge is 0.255 e. The average Bonchev–Trinajstić information content (AvgIpc) is 2.60. The summed E-state index contributed by atoms with van der Waals surface area (Å²) in [4.78, 5) is 10.7. The molecule has 0 spiro atoms. The van der Waals surface area contributed by atoms with E-state index in [1.807, 2.05) is 45.0 Å². The van der Waals surface area contributed by atoms with Crippen LogP contribution >= 0.6 is 12.2 Å². The van der Waals surface area contributed by atoms with Crippen molar-refractivity contribution >= 4 is 34.6 Å². The first-order valence-corrected chi connectivity index (χ1v) is 8.46. The van der Waals surface area contributed by atoms with E-state index < -0.39 is 5.91 Å². The summed E-state index contributed by atoms with van der Waals surface area (Å²) < 4.78 is 5.23. The lowest BCUT2D eigenvalue weighted by atomic mass is 10.1. The van der Waals surface area contributed by atoms with Gasteiger partial charge in [-0.15, -0.1) is 0 Å². The van der Waals surface area contributed by atoms with Gasteiger partial charge in [0, 0.05) is 5.69 Å². The Morgan fingerprint density at radius 2 is 1.88 bits per heavy atom. The largest absolute Gasteiger partial charge is 0.484 e. The molecule has 0 aliphatic heterocycles. The summed E-state index contributed by atoms with van der Waals surface area (Å²) in [6.07, 6.45) is 0. The summed E-state index contributed by atoms with van der Waals surface area (Å²) in [5.74, 6) is 0.0567. The Bertz CT molecular complexity index is 832. The molecule has 0 unspecified atom stereocenters. The Balaban J connectivity index is 1.94. The van der Waals surface area contributed by atoms with Crippen LogP contribution in [0.25, 0.3) is 0 Å². The Kier molecular flexibility index (Phi) is 6.68. The van der Waals surface area contributed by atoms with Crippen LogP contribution in [-0.4, -0.2) is 23.3 Å². The van der Waals surface area contributed by atoms with Crippen molar-refractivity contribution in [3.05, 3.63) is 59.2 Å². The van der Waals surface area contributed by atoms with E-state index in [1.54, 1.807) is 12.1 Å². The number of carbonyl (C=O) groups is 1. The monoisotopic (exact) mass is 370 g/mol. The topological polar surface area (TPSA) is 88.7 Å². The Morgan fingerprint density at radius 1 is 1.19 bits per heavy atom. The molecule has 1 amide bonds. The van der Waals surface area contributed by atoms with E-state index in [9.17, 15) is 4.79 Å². The summed E-state index contributed by atoms with van der Waals surface area (Å²) in [6, 6.07) is 13.3. The zero-order chi connectivity index (χ0) is 19.1. The van der Waals surface area contributed by atoms with Crippen molar-refractivity contribution in [2.24, 2.45) is 10.8 Å². The van der Waals surface area contributed by atoms with Crippen LogP contribution in [0, 0.1) is 13.8 Å². The van der Waals surface area contributed by atoms with Crippen LogP contribution in [0.1, 0.15) is 23.6 Å². The minimum absolute atomic E-state index is 0.146. The molecule has 7 heteroatoms. The number of hydrogen-bond donors (Lipinski definition) is 3. The molecule has 2 rings (SSSR count). The number of primary amides is 1. The van der Waals surface area contributed by atoms with Crippen molar-refractivity contribution < 1.29 is 9.53 Å². The fourth-order valence-electron chi connectivity index (χ4n) is 2.25. The highest BCUT2D eigenvalue weighted by Gasteiger charge is 2.03. The third-order valence-corrected chi connectivity index (χ3v) is 3.80. The van der Waals surface area contributed by atoms with Gasteiger partial charge in [0.25, 0.3) is 5.91 Å². The number of carbonyl (C=O) groups excluding carboxylic acids is 1. The van der Waals surface area contributed by atoms with Crippen molar-refractivity contribution in [3.8, 4) is 5.75 Å². The minimum Gasteiger partial charge on any atom is -0.484 e. The van der Waals surface area contributed by atoms with E-state index in [0.717, 1.165) is 22.5 Å². The summed E-state index contributed by atoms with van der Waals surface area (Å²) in [5, 5.41) is 7.83. The number of anilines is 1. The number of nitrogens with two attached hydrogens (primary N) is 1. The van der Waals surface area contributed by atoms with Gasteiger partial charge < -0.3 is 15.8 Å². The molecule has 0 bridgehead atoms.